The number of hydrogen-bond acceptors (Lipinski definition) is 6. The summed E-state index contributed by atoms with van der Waals surface area (Å²) in [6.07, 6.45) is 2.12. The summed E-state index contributed by atoms with van der Waals surface area (Å²) in [5.41, 5.74) is 1.21. The summed E-state index contributed by atoms with van der Waals surface area (Å²) in [5.74, 6) is 1.20. The van der Waals surface area contributed by atoms with Gasteiger partial charge in [0.1, 0.15) is 0 Å². The van der Waals surface area contributed by atoms with E-state index in [1.807, 2.05) is 30.3 Å². The molecule has 1 aliphatic heterocycles. The molecule has 116 valence electrons. The molecular formula is C16H14N4O3. The molecule has 1 atom stereocenters. The van der Waals surface area contributed by atoms with Crippen LogP contribution >= 0.6 is 0 Å². The van der Waals surface area contributed by atoms with E-state index in [4.69, 9.17) is 9.05 Å². The van der Waals surface area contributed by atoms with Crippen LogP contribution in [0.2, 0.25) is 0 Å². The predicted molar refractivity (Wildman–Crippen MR) is 79.5 cm³/mol. The van der Waals surface area contributed by atoms with Crippen molar-refractivity contribution in [2.24, 2.45) is 0 Å². The Labute approximate surface area is 131 Å². The third-order valence-corrected chi connectivity index (χ3v) is 4.01. The highest BCUT2D eigenvalue weighted by atomic mass is 16.5. The number of hydrogen-bond donors (Lipinski definition) is 0. The van der Waals surface area contributed by atoms with Gasteiger partial charge in [-0.1, -0.05) is 40.6 Å². The third kappa shape index (κ3) is 2.61. The molecule has 0 bridgehead atoms. The summed E-state index contributed by atoms with van der Waals surface area (Å²) in [6, 6.07) is 11.3. The highest BCUT2D eigenvalue weighted by Crippen LogP contribution is 2.26. The van der Waals surface area contributed by atoms with Crippen LogP contribution in [0.15, 0.2) is 51.8 Å². The van der Waals surface area contributed by atoms with Gasteiger partial charge in [0.2, 0.25) is 6.39 Å². The largest absolute Gasteiger partial charge is 0.355 e. The molecular weight excluding hydrogens is 296 g/mol. The second kappa shape index (κ2) is 5.68. The summed E-state index contributed by atoms with van der Waals surface area (Å²) in [7, 11) is 0. The van der Waals surface area contributed by atoms with Gasteiger partial charge in [0, 0.05) is 30.6 Å². The lowest BCUT2D eigenvalue weighted by Gasteiger charge is -2.13. The van der Waals surface area contributed by atoms with Gasteiger partial charge < -0.3 is 13.9 Å². The van der Waals surface area contributed by atoms with E-state index in [0.717, 1.165) is 12.0 Å². The molecule has 1 fully saturated rings. The van der Waals surface area contributed by atoms with Crippen LogP contribution in [0.25, 0.3) is 11.3 Å². The molecule has 1 aromatic carbocycles. The molecule has 0 saturated carbocycles. The standard InChI is InChI=1S/C16H14N4O3/c21-16(20-7-6-12(9-20)15-17-10-22-19-15)13-8-14(23-18-13)11-4-2-1-3-5-11/h1-5,8,10,12H,6-7,9H2/t12-/m1/s1. The lowest BCUT2D eigenvalue weighted by atomic mass is 10.1. The Morgan fingerprint density at radius 1 is 1.22 bits per heavy atom. The Balaban J connectivity index is 1.49. The molecule has 0 N–H and O–H groups in total. The van der Waals surface area contributed by atoms with Crippen LogP contribution in [0.3, 0.4) is 0 Å². The van der Waals surface area contributed by atoms with Crippen molar-refractivity contribution in [2.45, 2.75) is 12.3 Å². The molecule has 0 radical (unpaired) electrons. The van der Waals surface area contributed by atoms with Crippen LogP contribution in [-0.4, -0.2) is 39.2 Å². The van der Waals surface area contributed by atoms with Crippen molar-refractivity contribution in [3.63, 3.8) is 0 Å². The molecule has 0 aliphatic carbocycles. The lowest BCUT2D eigenvalue weighted by molar-refractivity contribution is 0.0780. The van der Waals surface area contributed by atoms with E-state index in [9.17, 15) is 4.79 Å². The monoisotopic (exact) mass is 310 g/mol. The maximum Gasteiger partial charge on any atom is 0.276 e. The van der Waals surface area contributed by atoms with Crippen molar-refractivity contribution in [3.8, 4) is 11.3 Å². The Bertz CT molecular complexity index is 798. The maximum atomic E-state index is 12.5. The van der Waals surface area contributed by atoms with Crippen molar-refractivity contribution in [2.75, 3.05) is 13.1 Å². The summed E-state index contributed by atoms with van der Waals surface area (Å²) < 4.78 is 10.1. The summed E-state index contributed by atoms with van der Waals surface area (Å²) in [5, 5.41) is 7.76. The summed E-state index contributed by atoms with van der Waals surface area (Å²) in [4.78, 5) is 18.3. The van der Waals surface area contributed by atoms with Crippen LogP contribution in [0, 0.1) is 0 Å². The molecule has 1 saturated heterocycles. The smallest absolute Gasteiger partial charge is 0.276 e. The van der Waals surface area contributed by atoms with Crippen molar-refractivity contribution in [1.82, 2.24) is 20.2 Å². The second-order valence-corrected chi connectivity index (χ2v) is 5.47. The fourth-order valence-electron chi connectivity index (χ4n) is 2.79. The molecule has 3 aromatic rings. The van der Waals surface area contributed by atoms with Gasteiger partial charge in [-0.25, -0.2) is 0 Å². The first kappa shape index (κ1) is 13.7. The SMILES string of the molecule is O=C(c1cc(-c2ccccc2)on1)N1CC[C@@H](c2ncon2)C1. The molecule has 1 amide bonds. The molecule has 0 unspecified atom stereocenters. The van der Waals surface area contributed by atoms with Crippen molar-refractivity contribution in [3.05, 3.63) is 54.3 Å². The zero-order valence-corrected chi connectivity index (χ0v) is 12.3. The Kier molecular flexibility index (Phi) is 3.38. The van der Waals surface area contributed by atoms with Gasteiger partial charge in [0.25, 0.3) is 5.91 Å². The number of aromatic nitrogens is 3. The van der Waals surface area contributed by atoms with Crippen LogP contribution < -0.4 is 0 Å². The molecule has 0 spiro atoms. The van der Waals surface area contributed by atoms with E-state index in [1.54, 1.807) is 11.0 Å². The number of carbonyl (C=O) groups is 1. The lowest BCUT2D eigenvalue weighted by Crippen LogP contribution is -2.28. The zero-order valence-electron chi connectivity index (χ0n) is 12.3. The van der Waals surface area contributed by atoms with Crippen molar-refractivity contribution >= 4 is 5.91 Å². The van der Waals surface area contributed by atoms with Gasteiger partial charge >= 0.3 is 0 Å². The van der Waals surface area contributed by atoms with E-state index in [2.05, 4.69) is 15.3 Å². The van der Waals surface area contributed by atoms with Gasteiger partial charge in [0.15, 0.2) is 17.3 Å². The highest BCUT2D eigenvalue weighted by Gasteiger charge is 2.31. The van der Waals surface area contributed by atoms with E-state index in [-0.39, 0.29) is 11.8 Å². The minimum absolute atomic E-state index is 0.109. The third-order valence-electron chi connectivity index (χ3n) is 4.01. The van der Waals surface area contributed by atoms with Gasteiger partial charge in [-0.2, -0.15) is 4.98 Å². The minimum Gasteiger partial charge on any atom is -0.355 e. The average molecular weight is 310 g/mol. The number of rotatable bonds is 3. The fraction of sp³-hybridized carbons (Fsp3) is 0.250. The first-order chi connectivity index (χ1) is 11.3. The number of carbonyl (C=O) groups excluding carboxylic acids is 1. The zero-order chi connectivity index (χ0) is 15.6. The van der Waals surface area contributed by atoms with Crippen LogP contribution in [0.5, 0.6) is 0 Å². The Hall–Kier alpha value is -2.96. The second-order valence-electron chi connectivity index (χ2n) is 5.47. The van der Waals surface area contributed by atoms with Gasteiger partial charge in [-0.05, 0) is 6.42 Å². The van der Waals surface area contributed by atoms with Crippen molar-refractivity contribution in [1.29, 1.82) is 0 Å². The van der Waals surface area contributed by atoms with Crippen LogP contribution in [0.1, 0.15) is 28.7 Å². The normalized spacial score (nSPS) is 17.6. The molecule has 1 aliphatic rings. The van der Waals surface area contributed by atoms with Gasteiger partial charge in [-0.15, -0.1) is 0 Å². The van der Waals surface area contributed by atoms with Crippen LogP contribution in [0.4, 0.5) is 0 Å². The van der Waals surface area contributed by atoms with Crippen molar-refractivity contribution < 1.29 is 13.8 Å². The molecule has 4 rings (SSSR count). The Morgan fingerprint density at radius 2 is 2.09 bits per heavy atom. The first-order valence-corrected chi connectivity index (χ1v) is 7.39. The minimum atomic E-state index is -0.137. The van der Waals surface area contributed by atoms with E-state index in [0.29, 0.717) is 30.4 Å². The van der Waals surface area contributed by atoms with E-state index >= 15 is 0 Å². The quantitative estimate of drug-likeness (QED) is 0.738. The summed E-state index contributed by atoms with van der Waals surface area (Å²) in [6.45, 7) is 1.21. The topological polar surface area (TPSA) is 85.3 Å². The number of benzene rings is 1. The van der Waals surface area contributed by atoms with Crippen LogP contribution in [-0.2, 0) is 0 Å². The first-order valence-electron chi connectivity index (χ1n) is 7.39. The van der Waals surface area contributed by atoms with Gasteiger partial charge in [-0.3, -0.25) is 4.79 Å². The number of amides is 1. The Morgan fingerprint density at radius 3 is 2.87 bits per heavy atom. The predicted octanol–water partition coefficient (Wildman–Crippen LogP) is 2.35. The molecule has 7 heteroatoms. The van der Waals surface area contributed by atoms with Gasteiger partial charge in [0.05, 0.1) is 0 Å². The summed E-state index contributed by atoms with van der Waals surface area (Å²) >= 11 is 0. The van der Waals surface area contributed by atoms with E-state index in [1.165, 1.54) is 6.39 Å². The highest BCUT2D eigenvalue weighted by molar-refractivity contribution is 5.93. The molecule has 23 heavy (non-hydrogen) atoms. The molecule has 7 nitrogen and oxygen atoms in total. The molecule has 3 heterocycles. The average Bonchev–Trinajstić information content (AvgIpc) is 3.35. The number of likely N-dealkylation sites (tertiary alicyclic amines) is 1. The number of nitrogens with zero attached hydrogens (tertiary/aromatic N) is 4. The van der Waals surface area contributed by atoms with E-state index < -0.39 is 0 Å². The molecule has 2 aromatic heterocycles. The maximum absolute atomic E-state index is 12.5. The fourth-order valence-corrected chi connectivity index (χ4v) is 2.79.